The van der Waals surface area contributed by atoms with Crippen LogP contribution in [0.15, 0.2) is 35.3 Å². The molecule has 6 heteroatoms. The molecule has 19 heavy (non-hydrogen) atoms. The van der Waals surface area contributed by atoms with Gasteiger partial charge in [-0.2, -0.15) is 0 Å². The summed E-state index contributed by atoms with van der Waals surface area (Å²) < 4.78 is 5.89. The summed E-state index contributed by atoms with van der Waals surface area (Å²) in [6.45, 7) is 2.03. The maximum Gasteiger partial charge on any atom is 0.232 e. The van der Waals surface area contributed by atoms with Crippen LogP contribution in [-0.2, 0) is 11.2 Å². The van der Waals surface area contributed by atoms with Crippen molar-refractivity contribution in [2.24, 2.45) is 0 Å². The predicted octanol–water partition coefficient (Wildman–Crippen LogP) is 2.77. The van der Waals surface area contributed by atoms with Crippen molar-refractivity contribution >= 4 is 32.6 Å². The quantitative estimate of drug-likeness (QED) is 0.796. The van der Waals surface area contributed by atoms with Crippen molar-refractivity contribution in [3.63, 3.8) is 0 Å². The molecule has 3 aromatic rings. The largest absolute Gasteiger partial charge is 0.451 e. The summed E-state index contributed by atoms with van der Waals surface area (Å²) in [6.07, 6.45) is 2.95. The minimum Gasteiger partial charge on any atom is -0.451 e. The number of carbonyl (C=O) groups excluding carboxylic acids is 1. The van der Waals surface area contributed by atoms with Gasteiger partial charge in [0.15, 0.2) is 11.5 Å². The molecule has 96 valence electrons. The lowest BCUT2D eigenvalue weighted by Gasteiger charge is -1.97. The smallest absolute Gasteiger partial charge is 0.232 e. The number of rotatable bonds is 3. The number of fused-ring (bicyclic) bond motifs is 1. The van der Waals surface area contributed by atoms with Crippen LogP contribution in [0.3, 0.4) is 0 Å². The van der Waals surface area contributed by atoms with Crippen molar-refractivity contribution in [3.8, 4) is 0 Å². The molecule has 2 aromatic heterocycles. The number of oxazole rings is 1. The van der Waals surface area contributed by atoms with Gasteiger partial charge < -0.3 is 9.73 Å². The molecule has 1 aromatic carbocycles. The zero-order valence-corrected chi connectivity index (χ0v) is 11.0. The summed E-state index contributed by atoms with van der Waals surface area (Å²) in [5, 5.41) is 3.38. The van der Waals surface area contributed by atoms with E-state index in [4.69, 9.17) is 4.42 Å². The molecular formula is C13H11N3O2S. The molecule has 0 aliphatic carbocycles. The average Bonchev–Trinajstić information content (AvgIpc) is 2.97. The Bertz CT molecular complexity index is 719. The molecule has 0 spiro atoms. The number of amides is 1. The number of aryl methyl sites for hydroxylation is 1. The van der Waals surface area contributed by atoms with Crippen LogP contribution in [0.4, 0.5) is 5.13 Å². The molecule has 0 bridgehead atoms. The highest BCUT2D eigenvalue weighted by Crippen LogP contribution is 2.26. The molecule has 2 heterocycles. The standard InChI is InChI=1S/C13H11N3O2S/c1-8-2-3-10-11(4-8)19-13(15-10)16-12(17)5-9-6-18-7-14-9/h2-4,6-7H,5H2,1H3,(H,15,16,17). The highest BCUT2D eigenvalue weighted by molar-refractivity contribution is 7.22. The second kappa shape index (κ2) is 4.81. The molecule has 0 atom stereocenters. The van der Waals surface area contributed by atoms with Crippen molar-refractivity contribution in [2.75, 3.05) is 5.32 Å². The number of benzene rings is 1. The van der Waals surface area contributed by atoms with E-state index in [0.717, 1.165) is 10.2 Å². The van der Waals surface area contributed by atoms with Crippen LogP contribution in [0.25, 0.3) is 10.2 Å². The van der Waals surface area contributed by atoms with Gasteiger partial charge in [0.25, 0.3) is 0 Å². The lowest BCUT2D eigenvalue weighted by molar-refractivity contribution is -0.115. The van der Waals surface area contributed by atoms with Crippen molar-refractivity contribution in [1.82, 2.24) is 9.97 Å². The van der Waals surface area contributed by atoms with Crippen LogP contribution in [0.5, 0.6) is 0 Å². The Morgan fingerprint density at radius 2 is 2.37 bits per heavy atom. The molecule has 3 rings (SSSR count). The van der Waals surface area contributed by atoms with E-state index in [0.29, 0.717) is 10.8 Å². The first-order chi connectivity index (χ1) is 9.20. The number of thiazole rings is 1. The molecular weight excluding hydrogens is 262 g/mol. The summed E-state index contributed by atoms with van der Waals surface area (Å²) in [4.78, 5) is 20.1. The van der Waals surface area contributed by atoms with Crippen molar-refractivity contribution < 1.29 is 9.21 Å². The first kappa shape index (κ1) is 11.9. The van der Waals surface area contributed by atoms with E-state index in [1.54, 1.807) is 0 Å². The van der Waals surface area contributed by atoms with Crippen LogP contribution in [0, 0.1) is 6.92 Å². The van der Waals surface area contributed by atoms with E-state index in [-0.39, 0.29) is 12.3 Å². The van der Waals surface area contributed by atoms with Gasteiger partial charge in [0, 0.05) is 0 Å². The molecule has 0 unspecified atom stereocenters. The molecule has 5 nitrogen and oxygen atoms in total. The van der Waals surface area contributed by atoms with Gasteiger partial charge in [-0.3, -0.25) is 4.79 Å². The Morgan fingerprint density at radius 3 is 3.16 bits per heavy atom. The van der Waals surface area contributed by atoms with Gasteiger partial charge in [-0.25, -0.2) is 9.97 Å². The molecule has 0 aliphatic rings. The zero-order chi connectivity index (χ0) is 13.2. The SMILES string of the molecule is Cc1ccc2nc(NC(=O)Cc3cocn3)sc2c1. The van der Waals surface area contributed by atoms with Crippen LogP contribution in [0.2, 0.25) is 0 Å². The molecule has 0 fully saturated rings. The first-order valence-corrected chi connectivity index (χ1v) is 6.56. The summed E-state index contributed by atoms with van der Waals surface area (Å²) in [7, 11) is 0. The Morgan fingerprint density at radius 1 is 1.47 bits per heavy atom. The molecule has 1 amide bonds. The molecule has 0 radical (unpaired) electrons. The van der Waals surface area contributed by atoms with E-state index in [2.05, 4.69) is 21.4 Å². The lowest BCUT2D eigenvalue weighted by Crippen LogP contribution is -2.14. The fraction of sp³-hybridized carbons (Fsp3) is 0.154. The number of hydrogen-bond acceptors (Lipinski definition) is 5. The van der Waals surface area contributed by atoms with E-state index < -0.39 is 0 Å². The number of anilines is 1. The van der Waals surface area contributed by atoms with Gasteiger partial charge in [0.2, 0.25) is 5.91 Å². The molecule has 0 saturated carbocycles. The van der Waals surface area contributed by atoms with E-state index in [1.807, 2.05) is 19.1 Å². The van der Waals surface area contributed by atoms with E-state index in [1.165, 1.54) is 29.6 Å². The number of hydrogen-bond donors (Lipinski definition) is 1. The highest BCUT2D eigenvalue weighted by Gasteiger charge is 2.09. The van der Waals surface area contributed by atoms with Gasteiger partial charge in [0.1, 0.15) is 6.26 Å². The van der Waals surface area contributed by atoms with Crippen LogP contribution in [0.1, 0.15) is 11.3 Å². The Kier molecular flexibility index (Phi) is 3.00. The van der Waals surface area contributed by atoms with Crippen molar-refractivity contribution in [1.29, 1.82) is 0 Å². The summed E-state index contributed by atoms with van der Waals surface area (Å²) >= 11 is 1.47. The normalized spacial score (nSPS) is 10.8. The predicted molar refractivity (Wildman–Crippen MR) is 73.2 cm³/mol. The molecule has 1 N–H and O–H groups in total. The number of nitrogens with zero attached hydrogens (tertiary/aromatic N) is 2. The van der Waals surface area contributed by atoms with Crippen molar-refractivity contribution in [3.05, 3.63) is 42.1 Å². The minimum absolute atomic E-state index is 0.148. The fourth-order valence-electron chi connectivity index (χ4n) is 1.74. The van der Waals surface area contributed by atoms with E-state index in [9.17, 15) is 4.79 Å². The summed E-state index contributed by atoms with van der Waals surface area (Å²) in [5.74, 6) is -0.148. The second-order valence-corrected chi connectivity index (χ2v) is 5.23. The lowest BCUT2D eigenvalue weighted by atomic mass is 10.2. The van der Waals surface area contributed by atoms with Gasteiger partial charge >= 0.3 is 0 Å². The van der Waals surface area contributed by atoms with Crippen molar-refractivity contribution in [2.45, 2.75) is 13.3 Å². The third kappa shape index (κ3) is 2.63. The van der Waals surface area contributed by atoms with Gasteiger partial charge in [-0.15, -0.1) is 0 Å². The minimum atomic E-state index is -0.148. The maximum absolute atomic E-state index is 11.8. The third-order valence-corrected chi connectivity index (χ3v) is 3.55. The van der Waals surface area contributed by atoms with Crippen LogP contribution >= 0.6 is 11.3 Å². The zero-order valence-electron chi connectivity index (χ0n) is 10.2. The fourth-order valence-corrected chi connectivity index (χ4v) is 2.72. The number of nitrogens with one attached hydrogen (secondary N) is 1. The molecule has 0 aliphatic heterocycles. The van der Waals surface area contributed by atoms with Crippen LogP contribution in [-0.4, -0.2) is 15.9 Å². The Balaban J connectivity index is 1.76. The van der Waals surface area contributed by atoms with Gasteiger partial charge in [0.05, 0.1) is 22.3 Å². The van der Waals surface area contributed by atoms with Crippen LogP contribution < -0.4 is 5.32 Å². The Hall–Kier alpha value is -2.21. The Labute approximate surface area is 113 Å². The first-order valence-electron chi connectivity index (χ1n) is 5.75. The highest BCUT2D eigenvalue weighted by atomic mass is 32.1. The van der Waals surface area contributed by atoms with Gasteiger partial charge in [-0.1, -0.05) is 17.4 Å². The third-order valence-electron chi connectivity index (χ3n) is 2.62. The molecule has 0 saturated heterocycles. The summed E-state index contributed by atoms with van der Waals surface area (Å²) in [5.41, 5.74) is 2.68. The number of aromatic nitrogens is 2. The maximum atomic E-state index is 11.8. The second-order valence-electron chi connectivity index (χ2n) is 4.19. The average molecular weight is 273 g/mol. The topological polar surface area (TPSA) is 68.0 Å². The van der Waals surface area contributed by atoms with E-state index >= 15 is 0 Å². The monoisotopic (exact) mass is 273 g/mol. The summed E-state index contributed by atoms with van der Waals surface area (Å²) in [6, 6.07) is 6.01. The number of carbonyl (C=O) groups is 1. The van der Waals surface area contributed by atoms with Gasteiger partial charge in [-0.05, 0) is 24.6 Å².